The smallest absolute Gasteiger partial charge is 0.261 e. The van der Waals surface area contributed by atoms with Crippen molar-refractivity contribution in [3.05, 3.63) is 40.6 Å². The van der Waals surface area contributed by atoms with E-state index in [2.05, 4.69) is 33.9 Å². The van der Waals surface area contributed by atoms with Crippen LogP contribution in [-0.4, -0.2) is 8.42 Å². The second-order valence-electron chi connectivity index (χ2n) is 2.28. The van der Waals surface area contributed by atoms with Crippen molar-refractivity contribution in [1.82, 2.24) is 4.72 Å². The number of hydrogen-bond acceptors (Lipinski definition) is 2. The Morgan fingerprint density at radius 2 is 1.85 bits per heavy atom. The molecule has 70 valence electrons. The van der Waals surface area contributed by atoms with Crippen LogP contribution in [-0.2, 0) is 10.0 Å². The van der Waals surface area contributed by atoms with Crippen LogP contribution < -0.4 is 4.72 Å². The molecule has 0 aliphatic rings. The fourth-order valence-corrected chi connectivity index (χ4v) is 2.00. The predicted molar refractivity (Wildman–Crippen MR) is 59.7 cm³/mol. The third-order valence-electron chi connectivity index (χ3n) is 1.36. The SMILES string of the molecule is C=CNS(=O)(=O)c1ccc(I)cc1. The first kappa shape index (κ1) is 10.5. The number of halogens is 1. The van der Waals surface area contributed by atoms with Crippen LogP contribution in [0.4, 0.5) is 0 Å². The Morgan fingerprint density at radius 1 is 1.31 bits per heavy atom. The molecule has 1 rings (SSSR count). The van der Waals surface area contributed by atoms with Crippen molar-refractivity contribution in [3.8, 4) is 0 Å². The van der Waals surface area contributed by atoms with E-state index in [1.807, 2.05) is 0 Å². The van der Waals surface area contributed by atoms with Crippen LogP contribution in [0.25, 0.3) is 0 Å². The lowest BCUT2D eigenvalue weighted by Crippen LogP contribution is -2.17. The number of nitrogens with one attached hydrogen (secondary N) is 1. The lowest BCUT2D eigenvalue weighted by Gasteiger charge is -2.02. The molecule has 13 heavy (non-hydrogen) atoms. The lowest BCUT2D eigenvalue weighted by molar-refractivity contribution is 0.590. The number of benzene rings is 1. The minimum atomic E-state index is -3.40. The van der Waals surface area contributed by atoms with Gasteiger partial charge in [-0.15, -0.1) is 0 Å². The van der Waals surface area contributed by atoms with Crippen LogP contribution in [0.3, 0.4) is 0 Å². The molecule has 0 radical (unpaired) electrons. The predicted octanol–water partition coefficient (Wildman–Crippen LogP) is 1.71. The van der Waals surface area contributed by atoms with E-state index in [1.54, 1.807) is 24.3 Å². The van der Waals surface area contributed by atoms with E-state index in [-0.39, 0.29) is 4.90 Å². The summed E-state index contributed by atoms with van der Waals surface area (Å²) in [7, 11) is -3.40. The van der Waals surface area contributed by atoms with Crippen LogP contribution in [0.2, 0.25) is 0 Å². The molecule has 3 nitrogen and oxygen atoms in total. The van der Waals surface area contributed by atoms with Crippen molar-refractivity contribution in [2.45, 2.75) is 4.90 Å². The van der Waals surface area contributed by atoms with Gasteiger partial charge in [0.05, 0.1) is 4.90 Å². The van der Waals surface area contributed by atoms with Gasteiger partial charge >= 0.3 is 0 Å². The topological polar surface area (TPSA) is 46.2 Å². The first-order chi connectivity index (χ1) is 6.06. The van der Waals surface area contributed by atoms with E-state index >= 15 is 0 Å². The van der Waals surface area contributed by atoms with E-state index in [0.717, 1.165) is 9.77 Å². The first-order valence-electron chi connectivity index (χ1n) is 3.45. The number of hydrogen-bond donors (Lipinski definition) is 1. The molecule has 0 heterocycles. The van der Waals surface area contributed by atoms with Gasteiger partial charge in [0.1, 0.15) is 0 Å². The summed E-state index contributed by atoms with van der Waals surface area (Å²) in [6, 6.07) is 6.57. The molecule has 1 aromatic carbocycles. The summed E-state index contributed by atoms with van der Waals surface area (Å²) in [6.07, 6.45) is 1.15. The number of sulfonamides is 1. The second-order valence-corrected chi connectivity index (χ2v) is 5.24. The van der Waals surface area contributed by atoms with Gasteiger partial charge in [-0.05, 0) is 46.9 Å². The van der Waals surface area contributed by atoms with Crippen LogP contribution in [0, 0.1) is 3.57 Å². The minimum Gasteiger partial charge on any atom is -0.287 e. The summed E-state index contributed by atoms with van der Waals surface area (Å²) >= 11 is 2.11. The first-order valence-corrected chi connectivity index (χ1v) is 6.01. The maximum atomic E-state index is 11.4. The van der Waals surface area contributed by atoms with Crippen LogP contribution >= 0.6 is 22.6 Å². The Labute approximate surface area is 91.0 Å². The van der Waals surface area contributed by atoms with Gasteiger partial charge in [0.15, 0.2) is 0 Å². The van der Waals surface area contributed by atoms with Gasteiger partial charge in [0.2, 0.25) is 0 Å². The molecular formula is C8H8INO2S. The summed E-state index contributed by atoms with van der Waals surface area (Å²) < 4.78 is 25.9. The molecule has 0 bridgehead atoms. The molecule has 0 aliphatic heterocycles. The molecule has 0 atom stereocenters. The summed E-state index contributed by atoms with van der Waals surface area (Å²) in [6.45, 7) is 3.30. The van der Waals surface area contributed by atoms with Crippen molar-refractivity contribution in [1.29, 1.82) is 0 Å². The molecular weight excluding hydrogens is 301 g/mol. The Hall–Kier alpha value is -0.560. The van der Waals surface area contributed by atoms with Crippen LogP contribution in [0.15, 0.2) is 41.9 Å². The van der Waals surface area contributed by atoms with Gasteiger partial charge in [0, 0.05) is 9.77 Å². The Morgan fingerprint density at radius 3 is 2.31 bits per heavy atom. The van der Waals surface area contributed by atoms with Gasteiger partial charge in [0.25, 0.3) is 10.0 Å². The molecule has 1 aromatic rings. The summed E-state index contributed by atoms with van der Waals surface area (Å²) in [5.74, 6) is 0. The van der Waals surface area contributed by atoms with Gasteiger partial charge in [-0.1, -0.05) is 6.58 Å². The molecule has 0 fully saturated rings. The Balaban J connectivity index is 3.08. The van der Waals surface area contributed by atoms with Crippen molar-refractivity contribution < 1.29 is 8.42 Å². The van der Waals surface area contributed by atoms with Gasteiger partial charge in [-0.3, -0.25) is 4.72 Å². The molecule has 0 unspecified atom stereocenters. The Bertz CT molecular complexity index is 397. The van der Waals surface area contributed by atoms with Crippen molar-refractivity contribution in [3.63, 3.8) is 0 Å². The normalized spacial score (nSPS) is 10.8. The molecule has 0 saturated carbocycles. The fourth-order valence-electron chi connectivity index (χ4n) is 0.791. The van der Waals surface area contributed by atoms with Gasteiger partial charge < -0.3 is 0 Å². The average Bonchev–Trinajstić information content (AvgIpc) is 2.05. The second kappa shape index (κ2) is 4.10. The molecule has 0 saturated heterocycles. The van der Waals surface area contributed by atoms with Crippen molar-refractivity contribution in [2.24, 2.45) is 0 Å². The zero-order valence-electron chi connectivity index (χ0n) is 6.70. The summed E-state index contributed by atoms with van der Waals surface area (Å²) in [4.78, 5) is 0.243. The minimum absolute atomic E-state index is 0.243. The third kappa shape index (κ3) is 2.70. The van der Waals surface area contributed by atoms with E-state index < -0.39 is 10.0 Å². The lowest BCUT2D eigenvalue weighted by atomic mass is 10.4. The van der Waals surface area contributed by atoms with E-state index in [4.69, 9.17) is 0 Å². The fraction of sp³-hybridized carbons (Fsp3) is 0. The maximum Gasteiger partial charge on any atom is 0.261 e. The molecule has 0 spiro atoms. The van der Waals surface area contributed by atoms with Crippen LogP contribution in [0.1, 0.15) is 0 Å². The highest BCUT2D eigenvalue weighted by Gasteiger charge is 2.10. The largest absolute Gasteiger partial charge is 0.287 e. The molecule has 1 N–H and O–H groups in total. The van der Waals surface area contributed by atoms with Gasteiger partial charge in [-0.25, -0.2) is 8.42 Å². The highest BCUT2D eigenvalue weighted by molar-refractivity contribution is 14.1. The number of rotatable bonds is 3. The van der Waals surface area contributed by atoms with Crippen molar-refractivity contribution >= 4 is 32.6 Å². The van der Waals surface area contributed by atoms with Crippen LogP contribution in [0.5, 0.6) is 0 Å². The summed E-state index contributed by atoms with van der Waals surface area (Å²) in [5, 5.41) is 0. The Kier molecular flexibility index (Phi) is 3.32. The van der Waals surface area contributed by atoms with E-state index in [0.29, 0.717) is 0 Å². The molecule has 0 aliphatic carbocycles. The quantitative estimate of drug-likeness (QED) is 0.864. The van der Waals surface area contributed by atoms with E-state index in [9.17, 15) is 8.42 Å². The monoisotopic (exact) mass is 309 g/mol. The van der Waals surface area contributed by atoms with Gasteiger partial charge in [-0.2, -0.15) is 0 Å². The molecule has 0 aromatic heterocycles. The zero-order valence-corrected chi connectivity index (χ0v) is 9.67. The molecule has 0 amide bonds. The highest BCUT2D eigenvalue weighted by atomic mass is 127. The van der Waals surface area contributed by atoms with E-state index in [1.165, 1.54) is 0 Å². The third-order valence-corrected chi connectivity index (χ3v) is 3.45. The highest BCUT2D eigenvalue weighted by Crippen LogP contribution is 2.11. The zero-order chi connectivity index (χ0) is 9.90. The molecule has 5 heteroatoms. The average molecular weight is 309 g/mol. The summed E-state index contributed by atoms with van der Waals surface area (Å²) in [5.41, 5.74) is 0. The standard InChI is InChI=1S/C8H8INO2S/c1-2-10-13(11,12)8-5-3-7(9)4-6-8/h2-6,10H,1H2. The maximum absolute atomic E-state index is 11.4. The van der Waals surface area contributed by atoms with Crippen molar-refractivity contribution in [2.75, 3.05) is 0 Å².